The Morgan fingerprint density at radius 3 is 2.64 bits per heavy atom. The number of pyridine rings is 1. The highest BCUT2D eigenvalue weighted by atomic mass is 16.6. The number of ether oxygens (including phenoxy) is 2. The number of alkyl carbamates (subject to hydrolysis) is 1. The molecule has 4 rings (SSSR count). The average Bonchev–Trinajstić information content (AvgIpc) is 3.28. The van der Waals surface area contributed by atoms with E-state index in [-0.39, 0.29) is 12.5 Å². The first-order chi connectivity index (χ1) is 18.7. The number of carbonyl (C=O) groups excluding carboxylic acids is 2. The maximum atomic E-state index is 12.7. The molecule has 0 atom stereocenters. The van der Waals surface area contributed by atoms with Gasteiger partial charge in [0, 0.05) is 38.1 Å². The van der Waals surface area contributed by atoms with Crippen LogP contribution in [0.2, 0.25) is 0 Å². The highest BCUT2D eigenvalue weighted by Gasteiger charge is 2.22. The number of carbonyl (C=O) groups is 2. The molecular formula is C28H34N6O5. The van der Waals surface area contributed by atoms with Crippen molar-refractivity contribution < 1.29 is 23.6 Å². The maximum Gasteiger partial charge on any atom is 0.408 e. The molecule has 1 N–H and O–H groups in total. The number of aromatic nitrogens is 3. The van der Waals surface area contributed by atoms with Crippen molar-refractivity contribution in [2.24, 2.45) is 4.99 Å². The first-order valence-electron chi connectivity index (χ1n) is 12.9. The molecule has 3 aromatic rings. The third-order valence-electron chi connectivity index (χ3n) is 6.00. The first kappa shape index (κ1) is 27.7. The van der Waals surface area contributed by atoms with Crippen molar-refractivity contribution in [3.63, 3.8) is 0 Å². The van der Waals surface area contributed by atoms with Crippen molar-refractivity contribution >= 4 is 18.2 Å². The number of nitrogens with zero attached hydrogens (tertiary/aromatic N) is 5. The molecule has 0 radical (unpaired) electrons. The molecule has 0 fully saturated rings. The summed E-state index contributed by atoms with van der Waals surface area (Å²) in [6, 6.07) is 7.90. The van der Waals surface area contributed by atoms with Crippen LogP contribution in [-0.2, 0) is 22.4 Å². The van der Waals surface area contributed by atoms with Gasteiger partial charge in [-0.1, -0.05) is 17.3 Å². The second-order valence-corrected chi connectivity index (χ2v) is 10.1. The van der Waals surface area contributed by atoms with E-state index in [4.69, 9.17) is 14.0 Å². The van der Waals surface area contributed by atoms with E-state index in [1.807, 2.05) is 31.2 Å². The van der Waals surface area contributed by atoms with E-state index in [1.165, 1.54) is 0 Å². The van der Waals surface area contributed by atoms with Gasteiger partial charge in [0.15, 0.2) is 0 Å². The van der Waals surface area contributed by atoms with E-state index in [0.29, 0.717) is 55.7 Å². The number of rotatable bonds is 7. The smallest absolute Gasteiger partial charge is 0.408 e. The fourth-order valence-electron chi connectivity index (χ4n) is 4.22. The molecule has 0 spiro atoms. The third-order valence-corrected chi connectivity index (χ3v) is 6.00. The average molecular weight is 535 g/mol. The number of nitrogens with one attached hydrogen (secondary N) is 1. The lowest BCUT2D eigenvalue weighted by molar-refractivity contribution is -0.130. The minimum atomic E-state index is -0.619. The van der Waals surface area contributed by atoms with Crippen LogP contribution >= 0.6 is 0 Å². The SMILES string of the molecule is CCOc1ncc(-c2nc(-c3ccc4c(c3)CCN(C(=O)CNC(=O)OC(C)(C)C)CC4)no2)cc1C=NC. The highest BCUT2D eigenvalue weighted by molar-refractivity contribution is 5.84. The largest absolute Gasteiger partial charge is 0.477 e. The monoisotopic (exact) mass is 534 g/mol. The summed E-state index contributed by atoms with van der Waals surface area (Å²) in [6.45, 7) is 8.74. The van der Waals surface area contributed by atoms with Crippen LogP contribution in [-0.4, -0.2) is 77.1 Å². The van der Waals surface area contributed by atoms with Crippen molar-refractivity contribution in [1.29, 1.82) is 0 Å². The molecule has 11 heteroatoms. The van der Waals surface area contributed by atoms with Gasteiger partial charge in [0.05, 0.1) is 17.7 Å². The Kier molecular flexibility index (Phi) is 8.58. The Labute approximate surface area is 227 Å². The predicted molar refractivity (Wildman–Crippen MR) is 146 cm³/mol. The Hall–Kier alpha value is -4.28. The zero-order chi connectivity index (χ0) is 28.0. The van der Waals surface area contributed by atoms with Gasteiger partial charge >= 0.3 is 6.09 Å². The molecule has 1 aliphatic rings. The fourth-order valence-corrected chi connectivity index (χ4v) is 4.22. The Morgan fingerprint density at radius 1 is 1.15 bits per heavy atom. The lowest BCUT2D eigenvalue weighted by atomic mass is 10.00. The van der Waals surface area contributed by atoms with Gasteiger partial charge in [0.1, 0.15) is 12.1 Å². The van der Waals surface area contributed by atoms with Gasteiger partial charge < -0.3 is 24.2 Å². The van der Waals surface area contributed by atoms with Gasteiger partial charge in [-0.05, 0) is 63.8 Å². The second kappa shape index (κ2) is 12.1. The molecule has 0 saturated carbocycles. The summed E-state index contributed by atoms with van der Waals surface area (Å²) in [7, 11) is 1.68. The van der Waals surface area contributed by atoms with Crippen LogP contribution in [0.4, 0.5) is 4.79 Å². The van der Waals surface area contributed by atoms with E-state index in [9.17, 15) is 9.59 Å². The molecule has 3 heterocycles. The van der Waals surface area contributed by atoms with Crippen molar-refractivity contribution in [1.82, 2.24) is 25.3 Å². The van der Waals surface area contributed by atoms with Crippen LogP contribution in [0.5, 0.6) is 5.88 Å². The third kappa shape index (κ3) is 7.18. The summed E-state index contributed by atoms with van der Waals surface area (Å²) in [4.78, 5) is 39.4. The summed E-state index contributed by atoms with van der Waals surface area (Å²) < 4.78 is 16.3. The van der Waals surface area contributed by atoms with Gasteiger partial charge in [0.2, 0.25) is 17.6 Å². The lowest BCUT2D eigenvalue weighted by Crippen LogP contribution is -2.42. The Bertz CT molecular complexity index is 1360. The van der Waals surface area contributed by atoms with Gasteiger partial charge in [0.25, 0.3) is 5.89 Å². The van der Waals surface area contributed by atoms with E-state index in [1.54, 1.807) is 45.1 Å². The van der Waals surface area contributed by atoms with Gasteiger partial charge in [-0.2, -0.15) is 4.98 Å². The first-order valence-corrected chi connectivity index (χ1v) is 12.9. The quantitative estimate of drug-likeness (QED) is 0.454. The highest BCUT2D eigenvalue weighted by Crippen LogP contribution is 2.27. The minimum absolute atomic E-state index is 0.103. The van der Waals surface area contributed by atoms with Crippen LogP contribution in [0.3, 0.4) is 0 Å². The predicted octanol–water partition coefficient (Wildman–Crippen LogP) is 3.70. The molecule has 0 aliphatic carbocycles. The molecule has 39 heavy (non-hydrogen) atoms. The Balaban J connectivity index is 1.43. The number of benzene rings is 1. The maximum absolute atomic E-state index is 12.7. The van der Waals surface area contributed by atoms with Crippen LogP contribution in [0.1, 0.15) is 44.4 Å². The Morgan fingerprint density at radius 2 is 1.92 bits per heavy atom. The van der Waals surface area contributed by atoms with Gasteiger partial charge in [-0.3, -0.25) is 9.79 Å². The second-order valence-electron chi connectivity index (χ2n) is 10.1. The number of hydrogen-bond acceptors (Lipinski definition) is 9. The van der Waals surface area contributed by atoms with E-state index in [2.05, 4.69) is 25.4 Å². The summed E-state index contributed by atoms with van der Waals surface area (Å²) in [5, 5.41) is 6.73. The summed E-state index contributed by atoms with van der Waals surface area (Å²) in [5.41, 5.74) is 3.88. The van der Waals surface area contributed by atoms with E-state index < -0.39 is 11.7 Å². The number of amides is 2. The zero-order valence-corrected chi connectivity index (χ0v) is 23.0. The van der Waals surface area contributed by atoms with Crippen LogP contribution in [0, 0.1) is 0 Å². The molecule has 1 aliphatic heterocycles. The zero-order valence-electron chi connectivity index (χ0n) is 23.0. The topological polar surface area (TPSA) is 132 Å². The van der Waals surface area contributed by atoms with Crippen LogP contribution in [0.25, 0.3) is 22.8 Å². The molecule has 206 valence electrons. The van der Waals surface area contributed by atoms with Crippen molar-refractivity contribution in [3.05, 3.63) is 47.2 Å². The molecule has 0 bridgehead atoms. The summed E-state index contributed by atoms with van der Waals surface area (Å²) >= 11 is 0. The lowest BCUT2D eigenvalue weighted by Gasteiger charge is -2.22. The van der Waals surface area contributed by atoms with Crippen LogP contribution in [0.15, 0.2) is 40.0 Å². The number of aliphatic imine (C=N–C) groups is 1. The molecule has 1 aromatic carbocycles. The van der Waals surface area contributed by atoms with Crippen LogP contribution < -0.4 is 10.1 Å². The van der Waals surface area contributed by atoms with E-state index in [0.717, 1.165) is 22.3 Å². The van der Waals surface area contributed by atoms with E-state index >= 15 is 0 Å². The standard InChI is InChI=1S/C28H34N6O5/c1-6-37-25-21(15-29-5)14-22(16-30-25)26-32-24(33-39-26)20-8-7-18-9-11-34(12-10-19(18)13-20)23(35)17-31-27(36)38-28(2,3)4/h7-8,13-16H,6,9-12,17H2,1-5H3,(H,31,36). The van der Waals surface area contributed by atoms with Gasteiger partial charge in [-0.25, -0.2) is 9.78 Å². The molecule has 0 saturated heterocycles. The molecule has 11 nitrogen and oxygen atoms in total. The van der Waals surface area contributed by atoms with Crippen molar-refractivity contribution in [2.75, 3.05) is 33.3 Å². The molecular weight excluding hydrogens is 500 g/mol. The van der Waals surface area contributed by atoms with Gasteiger partial charge in [-0.15, -0.1) is 0 Å². The fraction of sp³-hybridized carbons (Fsp3) is 0.429. The summed E-state index contributed by atoms with van der Waals surface area (Å²) in [6.07, 6.45) is 4.09. The normalized spacial score (nSPS) is 13.6. The summed E-state index contributed by atoms with van der Waals surface area (Å²) in [5.74, 6) is 1.15. The minimum Gasteiger partial charge on any atom is -0.477 e. The molecule has 2 amide bonds. The van der Waals surface area contributed by atoms with Crippen molar-refractivity contribution in [3.8, 4) is 28.7 Å². The number of hydrogen-bond donors (Lipinski definition) is 1. The molecule has 2 aromatic heterocycles. The molecule has 0 unspecified atom stereocenters. The number of fused-ring (bicyclic) bond motifs is 1. The van der Waals surface area contributed by atoms with Crippen molar-refractivity contribution in [2.45, 2.75) is 46.1 Å².